The van der Waals surface area contributed by atoms with Crippen molar-refractivity contribution < 1.29 is 9.53 Å². The Morgan fingerprint density at radius 3 is 2.41 bits per heavy atom. The molecule has 0 bridgehead atoms. The third-order valence-electron chi connectivity index (χ3n) is 2.47. The Balaban J connectivity index is 3.61. The molecule has 0 aromatic rings. The summed E-state index contributed by atoms with van der Waals surface area (Å²) < 4.78 is 5.37. The van der Waals surface area contributed by atoms with Crippen LogP contribution in [0.5, 0.6) is 0 Å². The maximum absolute atomic E-state index is 11.6. The van der Waals surface area contributed by atoms with Crippen molar-refractivity contribution in [1.29, 1.82) is 5.26 Å². The van der Waals surface area contributed by atoms with Crippen molar-refractivity contribution in [3.63, 3.8) is 0 Å². The molecule has 17 heavy (non-hydrogen) atoms. The van der Waals surface area contributed by atoms with Crippen LogP contribution in [-0.2, 0) is 9.53 Å². The minimum Gasteiger partial charge on any atom is -0.380 e. The van der Waals surface area contributed by atoms with Gasteiger partial charge in [-0.3, -0.25) is 4.79 Å². The largest absolute Gasteiger partial charge is 0.380 e. The molecule has 1 amide bonds. The third-order valence-corrected chi connectivity index (χ3v) is 2.47. The zero-order valence-electron chi connectivity index (χ0n) is 11.3. The minimum atomic E-state index is -0.564. The number of hydrogen-bond donors (Lipinski definition) is 1. The molecule has 0 aliphatic carbocycles. The topological polar surface area (TPSA) is 62.1 Å². The molecule has 0 aliphatic heterocycles. The maximum atomic E-state index is 11.6. The summed E-state index contributed by atoms with van der Waals surface area (Å²) in [4.78, 5) is 11.6. The number of carbonyl (C=O) groups excluding carboxylic acids is 1. The lowest BCUT2D eigenvalue weighted by Crippen LogP contribution is -2.34. The van der Waals surface area contributed by atoms with Crippen molar-refractivity contribution in [3.05, 3.63) is 0 Å². The SMILES string of the molecule is CC(C)CCOCCNC(=O)C(C#N)C(C)C. The van der Waals surface area contributed by atoms with Gasteiger partial charge in [-0.1, -0.05) is 27.7 Å². The summed E-state index contributed by atoms with van der Waals surface area (Å²) in [7, 11) is 0. The Hall–Kier alpha value is -1.08. The predicted octanol–water partition coefficient (Wildman–Crippen LogP) is 1.96. The molecule has 0 saturated carbocycles. The van der Waals surface area contributed by atoms with E-state index < -0.39 is 5.92 Å². The first-order valence-corrected chi connectivity index (χ1v) is 6.24. The second-order valence-electron chi connectivity index (χ2n) is 4.94. The summed E-state index contributed by atoms with van der Waals surface area (Å²) in [6.45, 7) is 9.73. The molecule has 0 rings (SSSR count). The first-order chi connectivity index (χ1) is 7.99. The molecule has 98 valence electrons. The van der Waals surface area contributed by atoms with Crippen LogP contribution in [0.1, 0.15) is 34.1 Å². The molecule has 1 unspecified atom stereocenters. The monoisotopic (exact) mass is 240 g/mol. The number of ether oxygens (including phenoxy) is 1. The van der Waals surface area contributed by atoms with E-state index >= 15 is 0 Å². The van der Waals surface area contributed by atoms with E-state index in [0.29, 0.717) is 19.1 Å². The number of carbonyl (C=O) groups is 1. The van der Waals surface area contributed by atoms with Gasteiger partial charge in [0.15, 0.2) is 0 Å². The van der Waals surface area contributed by atoms with Crippen LogP contribution in [-0.4, -0.2) is 25.7 Å². The Bertz CT molecular complexity index is 257. The average Bonchev–Trinajstić information content (AvgIpc) is 2.23. The lowest BCUT2D eigenvalue weighted by Gasteiger charge is -2.13. The average molecular weight is 240 g/mol. The van der Waals surface area contributed by atoms with Gasteiger partial charge in [0, 0.05) is 13.2 Å². The Kier molecular flexibility index (Phi) is 8.43. The lowest BCUT2D eigenvalue weighted by atomic mass is 9.97. The van der Waals surface area contributed by atoms with Crippen LogP contribution in [0.15, 0.2) is 0 Å². The van der Waals surface area contributed by atoms with E-state index in [1.807, 2.05) is 19.9 Å². The standard InChI is InChI=1S/C13H24N2O2/c1-10(2)5-7-17-8-6-15-13(16)12(9-14)11(3)4/h10-12H,5-8H2,1-4H3,(H,15,16). The van der Waals surface area contributed by atoms with Crippen LogP contribution in [0.25, 0.3) is 0 Å². The fraction of sp³-hybridized carbons (Fsp3) is 0.846. The predicted molar refractivity (Wildman–Crippen MR) is 67.2 cm³/mol. The molecule has 0 saturated heterocycles. The van der Waals surface area contributed by atoms with Crippen molar-refractivity contribution in [2.75, 3.05) is 19.8 Å². The molecule has 0 aromatic carbocycles. The second-order valence-corrected chi connectivity index (χ2v) is 4.94. The Morgan fingerprint density at radius 2 is 1.94 bits per heavy atom. The van der Waals surface area contributed by atoms with Gasteiger partial charge in [0.2, 0.25) is 5.91 Å². The quantitative estimate of drug-likeness (QED) is 0.660. The van der Waals surface area contributed by atoms with Crippen LogP contribution < -0.4 is 5.32 Å². The van der Waals surface area contributed by atoms with Gasteiger partial charge in [-0.15, -0.1) is 0 Å². The third kappa shape index (κ3) is 7.76. The summed E-state index contributed by atoms with van der Waals surface area (Å²) >= 11 is 0. The van der Waals surface area contributed by atoms with E-state index in [1.165, 1.54) is 0 Å². The van der Waals surface area contributed by atoms with Crippen molar-refractivity contribution in [1.82, 2.24) is 5.32 Å². The summed E-state index contributed by atoms with van der Waals surface area (Å²) in [6.07, 6.45) is 1.03. The van der Waals surface area contributed by atoms with Gasteiger partial charge in [-0.2, -0.15) is 5.26 Å². The molecule has 1 N–H and O–H groups in total. The number of rotatable bonds is 8. The Morgan fingerprint density at radius 1 is 1.29 bits per heavy atom. The van der Waals surface area contributed by atoms with Crippen molar-refractivity contribution in [2.45, 2.75) is 34.1 Å². The molecule has 1 atom stereocenters. The highest BCUT2D eigenvalue weighted by atomic mass is 16.5. The van der Waals surface area contributed by atoms with Crippen molar-refractivity contribution in [2.24, 2.45) is 17.8 Å². The number of nitriles is 1. The van der Waals surface area contributed by atoms with Gasteiger partial charge in [0.25, 0.3) is 0 Å². The molecule has 0 radical (unpaired) electrons. The molecule has 0 spiro atoms. The molecule has 0 aromatic heterocycles. The molecule has 4 nitrogen and oxygen atoms in total. The normalized spacial score (nSPS) is 12.5. The minimum absolute atomic E-state index is 0.0434. The molecule has 0 fully saturated rings. The molecule has 0 aliphatic rings. The van der Waals surface area contributed by atoms with Gasteiger partial charge >= 0.3 is 0 Å². The van der Waals surface area contributed by atoms with E-state index in [1.54, 1.807) is 0 Å². The van der Waals surface area contributed by atoms with Gasteiger partial charge in [-0.25, -0.2) is 0 Å². The van der Waals surface area contributed by atoms with Gasteiger partial charge in [-0.05, 0) is 18.3 Å². The number of nitrogens with zero attached hydrogens (tertiary/aromatic N) is 1. The maximum Gasteiger partial charge on any atom is 0.237 e. The highest BCUT2D eigenvalue weighted by Crippen LogP contribution is 2.08. The highest BCUT2D eigenvalue weighted by molar-refractivity contribution is 5.81. The second kappa shape index (κ2) is 9.00. The van der Waals surface area contributed by atoms with E-state index in [2.05, 4.69) is 19.2 Å². The lowest BCUT2D eigenvalue weighted by molar-refractivity contribution is -0.124. The molecular weight excluding hydrogens is 216 g/mol. The first kappa shape index (κ1) is 15.9. The number of hydrogen-bond acceptors (Lipinski definition) is 3. The van der Waals surface area contributed by atoms with Crippen molar-refractivity contribution >= 4 is 5.91 Å². The van der Waals surface area contributed by atoms with Crippen LogP contribution in [0.3, 0.4) is 0 Å². The van der Waals surface area contributed by atoms with Crippen LogP contribution in [0.4, 0.5) is 0 Å². The number of amides is 1. The van der Waals surface area contributed by atoms with Gasteiger partial charge in [0.1, 0.15) is 5.92 Å². The van der Waals surface area contributed by atoms with E-state index in [-0.39, 0.29) is 11.8 Å². The van der Waals surface area contributed by atoms with Gasteiger partial charge < -0.3 is 10.1 Å². The molecular formula is C13H24N2O2. The van der Waals surface area contributed by atoms with Crippen LogP contribution in [0.2, 0.25) is 0 Å². The fourth-order valence-corrected chi connectivity index (χ4v) is 1.29. The Labute approximate surface area is 104 Å². The fourth-order valence-electron chi connectivity index (χ4n) is 1.29. The number of nitrogens with one attached hydrogen (secondary N) is 1. The van der Waals surface area contributed by atoms with Crippen LogP contribution >= 0.6 is 0 Å². The summed E-state index contributed by atoms with van der Waals surface area (Å²) in [5.74, 6) is -0.0871. The summed E-state index contributed by atoms with van der Waals surface area (Å²) in [5, 5.41) is 11.5. The van der Waals surface area contributed by atoms with Crippen molar-refractivity contribution in [3.8, 4) is 6.07 Å². The molecule has 4 heteroatoms. The zero-order valence-corrected chi connectivity index (χ0v) is 11.3. The smallest absolute Gasteiger partial charge is 0.237 e. The van der Waals surface area contributed by atoms with E-state index in [0.717, 1.165) is 13.0 Å². The zero-order chi connectivity index (χ0) is 13.3. The van der Waals surface area contributed by atoms with E-state index in [9.17, 15) is 4.79 Å². The summed E-state index contributed by atoms with van der Waals surface area (Å²) in [6, 6.07) is 2.02. The van der Waals surface area contributed by atoms with Crippen LogP contribution in [0, 0.1) is 29.1 Å². The molecule has 0 heterocycles. The van der Waals surface area contributed by atoms with E-state index in [4.69, 9.17) is 10.00 Å². The summed E-state index contributed by atoms with van der Waals surface area (Å²) in [5.41, 5.74) is 0. The van der Waals surface area contributed by atoms with Gasteiger partial charge in [0.05, 0.1) is 12.7 Å². The highest BCUT2D eigenvalue weighted by Gasteiger charge is 2.20. The first-order valence-electron chi connectivity index (χ1n) is 6.24.